The lowest BCUT2D eigenvalue weighted by Gasteiger charge is -2.24. The fraction of sp³-hybridized carbons (Fsp3) is 0.231. The fourth-order valence-electron chi connectivity index (χ4n) is 7.77. The fourth-order valence-corrected chi connectivity index (χ4v) is 7.77. The molecule has 0 spiro atoms. The quantitative estimate of drug-likeness (QED) is 0.253. The molecule has 2 unspecified atom stereocenters. The summed E-state index contributed by atoms with van der Waals surface area (Å²) in [4.78, 5) is 0. The zero-order valence-electron chi connectivity index (χ0n) is 24.1. The van der Waals surface area contributed by atoms with E-state index in [2.05, 4.69) is 106 Å². The van der Waals surface area contributed by atoms with Crippen molar-refractivity contribution in [3.05, 3.63) is 124 Å². The van der Waals surface area contributed by atoms with Crippen molar-refractivity contribution in [2.45, 2.75) is 51.0 Å². The third-order valence-electron chi connectivity index (χ3n) is 9.66. The van der Waals surface area contributed by atoms with Gasteiger partial charge in [0.15, 0.2) is 0 Å². The van der Waals surface area contributed by atoms with Crippen LogP contribution in [0.1, 0.15) is 76.6 Å². The highest BCUT2D eigenvalue weighted by molar-refractivity contribution is 5.92. The van der Waals surface area contributed by atoms with Gasteiger partial charge in [-0.2, -0.15) is 10.5 Å². The molecular formula is C39H32N4. The van der Waals surface area contributed by atoms with Crippen LogP contribution in [-0.2, 0) is 19.3 Å². The van der Waals surface area contributed by atoms with Gasteiger partial charge in [-0.3, -0.25) is 0 Å². The number of nitrogens with zero attached hydrogens (tertiary/aromatic N) is 4. The molecule has 2 aromatic heterocycles. The van der Waals surface area contributed by atoms with Crippen LogP contribution < -0.4 is 0 Å². The summed E-state index contributed by atoms with van der Waals surface area (Å²) in [5.41, 5.74) is 12.9. The van der Waals surface area contributed by atoms with Crippen LogP contribution in [0.25, 0.3) is 40.4 Å². The standard InChI is InChI=1S/C39H32N4/c40-24-26-20-21-34(39(22-26)43-37-18-7-3-13-32(37)33-14-4-8-19-38(33)43)29-15-9-10-28(23-27(29)25-41)42-35-16-5-1-11-30(35)31-12-2-6-17-36(31)42/h3,5-10,13,15-22,27-28H,1-2,4,11-12,14,23H2. The van der Waals surface area contributed by atoms with Gasteiger partial charge in [0.1, 0.15) is 0 Å². The number of fused-ring (bicyclic) bond motifs is 6. The number of hydrogen-bond donors (Lipinski definition) is 0. The lowest BCUT2D eigenvalue weighted by Crippen LogP contribution is -2.16. The van der Waals surface area contributed by atoms with E-state index in [1.807, 2.05) is 12.1 Å². The predicted octanol–water partition coefficient (Wildman–Crippen LogP) is 8.91. The van der Waals surface area contributed by atoms with Gasteiger partial charge < -0.3 is 9.13 Å². The van der Waals surface area contributed by atoms with E-state index in [1.165, 1.54) is 39.2 Å². The summed E-state index contributed by atoms with van der Waals surface area (Å²) in [5, 5.41) is 21.9. The van der Waals surface area contributed by atoms with Gasteiger partial charge in [-0.15, -0.1) is 0 Å². The molecule has 208 valence electrons. The lowest BCUT2D eigenvalue weighted by molar-refractivity contribution is 0.523. The smallest absolute Gasteiger partial charge is 0.0992 e. The van der Waals surface area contributed by atoms with Gasteiger partial charge in [0.05, 0.1) is 40.9 Å². The first kappa shape index (κ1) is 25.6. The Morgan fingerprint density at radius 1 is 0.767 bits per heavy atom. The lowest BCUT2D eigenvalue weighted by atomic mass is 9.87. The molecular weight excluding hydrogens is 524 g/mol. The maximum Gasteiger partial charge on any atom is 0.0992 e. The number of para-hydroxylation sites is 1. The monoisotopic (exact) mass is 556 g/mol. The maximum absolute atomic E-state index is 10.7. The highest BCUT2D eigenvalue weighted by atomic mass is 15.0. The number of benzene rings is 2. The molecule has 4 aliphatic carbocycles. The molecule has 4 heteroatoms. The second kappa shape index (κ2) is 10.3. The summed E-state index contributed by atoms with van der Waals surface area (Å²) in [6, 6.07) is 19.6. The van der Waals surface area contributed by atoms with Crippen molar-refractivity contribution in [1.82, 2.24) is 9.13 Å². The average molecular weight is 557 g/mol. The normalized spacial score (nSPS) is 20.1. The van der Waals surface area contributed by atoms with Crippen LogP contribution in [0.4, 0.5) is 0 Å². The zero-order chi connectivity index (χ0) is 28.9. The van der Waals surface area contributed by atoms with Gasteiger partial charge in [-0.05, 0) is 104 Å². The minimum absolute atomic E-state index is 0.0753. The molecule has 0 saturated heterocycles. The van der Waals surface area contributed by atoms with E-state index in [-0.39, 0.29) is 12.0 Å². The molecule has 0 radical (unpaired) electrons. The number of aryl methyl sites for hydroxylation is 1. The molecule has 0 aliphatic heterocycles. The van der Waals surface area contributed by atoms with Gasteiger partial charge in [-0.1, -0.05) is 60.7 Å². The summed E-state index contributed by atoms with van der Waals surface area (Å²) in [5.74, 6) is -0.311. The van der Waals surface area contributed by atoms with E-state index in [9.17, 15) is 10.5 Å². The summed E-state index contributed by atoms with van der Waals surface area (Å²) in [6.07, 6.45) is 27.3. The Kier molecular flexibility index (Phi) is 6.16. The highest BCUT2D eigenvalue weighted by Gasteiger charge is 2.31. The van der Waals surface area contributed by atoms with E-state index in [4.69, 9.17) is 0 Å². The van der Waals surface area contributed by atoms with Crippen LogP contribution in [0.15, 0.2) is 78.9 Å². The summed E-state index contributed by atoms with van der Waals surface area (Å²) in [7, 11) is 0. The van der Waals surface area contributed by atoms with Crippen LogP contribution >= 0.6 is 0 Å². The Hall–Kier alpha value is -5.06. The van der Waals surface area contributed by atoms with Crippen molar-refractivity contribution in [3.63, 3.8) is 0 Å². The van der Waals surface area contributed by atoms with Crippen LogP contribution in [0.5, 0.6) is 0 Å². The van der Waals surface area contributed by atoms with Crippen LogP contribution in [0.2, 0.25) is 0 Å². The Morgan fingerprint density at radius 2 is 1.47 bits per heavy atom. The summed E-state index contributed by atoms with van der Waals surface area (Å²) in [6.45, 7) is 0. The molecule has 0 saturated carbocycles. The van der Waals surface area contributed by atoms with E-state index in [0.717, 1.165) is 60.9 Å². The van der Waals surface area contributed by atoms with Crippen molar-refractivity contribution < 1.29 is 0 Å². The predicted molar refractivity (Wildman–Crippen MR) is 174 cm³/mol. The Balaban J connectivity index is 1.26. The van der Waals surface area contributed by atoms with Crippen LogP contribution in [0.3, 0.4) is 0 Å². The molecule has 0 amide bonds. The zero-order valence-corrected chi connectivity index (χ0v) is 24.1. The van der Waals surface area contributed by atoms with E-state index >= 15 is 0 Å². The van der Waals surface area contributed by atoms with Gasteiger partial charge in [0.2, 0.25) is 0 Å². The molecule has 2 aromatic carbocycles. The largest absolute Gasteiger partial charge is 0.334 e. The first-order chi connectivity index (χ1) is 21.3. The minimum atomic E-state index is -0.311. The number of rotatable bonds is 3. The average Bonchev–Trinajstić information content (AvgIpc) is 3.49. The molecule has 4 nitrogen and oxygen atoms in total. The summed E-state index contributed by atoms with van der Waals surface area (Å²) < 4.78 is 4.81. The van der Waals surface area contributed by atoms with Crippen molar-refractivity contribution >= 4 is 34.7 Å². The van der Waals surface area contributed by atoms with Crippen molar-refractivity contribution in [2.24, 2.45) is 5.92 Å². The third-order valence-corrected chi connectivity index (χ3v) is 9.66. The molecule has 4 aliphatic rings. The first-order valence-electron chi connectivity index (χ1n) is 15.5. The van der Waals surface area contributed by atoms with Crippen LogP contribution in [0, 0.1) is 28.6 Å². The van der Waals surface area contributed by atoms with Crippen LogP contribution in [-0.4, -0.2) is 9.13 Å². The molecule has 0 N–H and O–H groups in total. The first-order valence-corrected chi connectivity index (χ1v) is 15.5. The van der Waals surface area contributed by atoms with Crippen molar-refractivity contribution in [3.8, 4) is 17.8 Å². The molecule has 2 heterocycles. The van der Waals surface area contributed by atoms with E-state index in [0.29, 0.717) is 12.0 Å². The highest BCUT2D eigenvalue weighted by Crippen LogP contribution is 2.43. The Labute approximate surface area is 252 Å². The summed E-state index contributed by atoms with van der Waals surface area (Å²) >= 11 is 0. The molecule has 0 fully saturated rings. The number of hydrogen-bond acceptors (Lipinski definition) is 2. The molecule has 8 rings (SSSR count). The minimum Gasteiger partial charge on any atom is -0.334 e. The molecule has 43 heavy (non-hydrogen) atoms. The third kappa shape index (κ3) is 4.02. The second-order valence-electron chi connectivity index (χ2n) is 12.0. The second-order valence-corrected chi connectivity index (χ2v) is 12.0. The van der Waals surface area contributed by atoms with Gasteiger partial charge >= 0.3 is 0 Å². The van der Waals surface area contributed by atoms with E-state index < -0.39 is 0 Å². The van der Waals surface area contributed by atoms with Gasteiger partial charge in [0.25, 0.3) is 0 Å². The van der Waals surface area contributed by atoms with Gasteiger partial charge in [-0.25, -0.2) is 0 Å². The van der Waals surface area contributed by atoms with Gasteiger partial charge in [0, 0.05) is 28.0 Å². The molecule has 0 bridgehead atoms. The number of aromatic nitrogens is 2. The topological polar surface area (TPSA) is 57.4 Å². The SMILES string of the molecule is N#Cc1ccc(C2=CC=CC(n3c4c(c5c3C=CCC5)CCC=C4)CC2C#N)c(-n2c3c(c4ccccc42)CCC=C3)c1. The Bertz CT molecular complexity index is 2000. The molecule has 4 aromatic rings. The maximum atomic E-state index is 10.7. The van der Waals surface area contributed by atoms with E-state index in [1.54, 1.807) is 0 Å². The Morgan fingerprint density at radius 3 is 2.19 bits per heavy atom. The number of allylic oxidation sites excluding steroid dienone is 7. The number of nitriles is 2. The van der Waals surface area contributed by atoms with Crippen molar-refractivity contribution in [2.75, 3.05) is 0 Å². The molecule has 2 atom stereocenters. The van der Waals surface area contributed by atoms with Crippen molar-refractivity contribution in [1.29, 1.82) is 10.5 Å².